The van der Waals surface area contributed by atoms with Crippen LogP contribution in [0.2, 0.25) is 0 Å². The van der Waals surface area contributed by atoms with Gasteiger partial charge in [0.1, 0.15) is 0 Å². The quantitative estimate of drug-likeness (QED) is 0.0519. The van der Waals surface area contributed by atoms with E-state index in [0.29, 0.717) is 38.2 Å². The van der Waals surface area contributed by atoms with E-state index in [4.69, 9.17) is 14.6 Å². The van der Waals surface area contributed by atoms with Crippen molar-refractivity contribution in [1.82, 2.24) is 4.90 Å². The summed E-state index contributed by atoms with van der Waals surface area (Å²) in [6, 6.07) is 0.510. The fourth-order valence-corrected chi connectivity index (χ4v) is 6.55. The van der Waals surface area contributed by atoms with Gasteiger partial charge < -0.3 is 19.5 Å². The topological polar surface area (TPSA) is 76.1 Å². The molecule has 0 saturated heterocycles. The maximum atomic E-state index is 13.0. The van der Waals surface area contributed by atoms with Crippen LogP contribution >= 0.6 is 0 Å². The summed E-state index contributed by atoms with van der Waals surface area (Å²) in [5.41, 5.74) is 0. The van der Waals surface area contributed by atoms with Gasteiger partial charge in [0.25, 0.3) is 0 Å². The van der Waals surface area contributed by atoms with Gasteiger partial charge in [-0.05, 0) is 71.8 Å². The lowest BCUT2D eigenvalue weighted by molar-refractivity contribution is -0.149. The Kier molecular flexibility index (Phi) is 34.8. The zero-order valence-corrected chi connectivity index (χ0v) is 32.9. The minimum Gasteiger partial charge on any atom is -0.466 e. The minimum atomic E-state index is 0.0132. The molecule has 6 heteroatoms. The van der Waals surface area contributed by atoms with Gasteiger partial charge in [-0.2, -0.15) is 0 Å². The smallest absolute Gasteiger partial charge is 0.308 e. The molecule has 0 aliphatic carbocycles. The van der Waals surface area contributed by atoms with Crippen molar-refractivity contribution in [2.45, 2.75) is 214 Å². The molecule has 286 valence electrons. The molecule has 0 amide bonds. The van der Waals surface area contributed by atoms with E-state index in [-0.39, 0.29) is 17.9 Å². The number of carbonyl (C=O) groups is 2. The van der Waals surface area contributed by atoms with E-state index in [1.807, 2.05) is 0 Å². The van der Waals surface area contributed by atoms with E-state index in [2.05, 4.69) is 39.6 Å². The molecular formula is C42H83NO5. The number of carbonyl (C=O) groups excluding carboxylic acids is 2. The lowest BCUT2D eigenvalue weighted by Gasteiger charge is -2.21. The molecule has 1 N–H and O–H groups in total. The third-order valence-corrected chi connectivity index (χ3v) is 10.2. The van der Waals surface area contributed by atoms with Gasteiger partial charge in [-0.3, -0.25) is 9.59 Å². The van der Waals surface area contributed by atoms with Gasteiger partial charge in [0.2, 0.25) is 0 Å². The predicted molar refractivity (Wildman–Crippen MR) is 204 cm³/mol. The van der Waals surface area contributed by atoms with Crippen LogP contribution in [0.1, 0.15) is 207 Å². The highest BCUT2D eigenvalue weighted by molar-refractivity contribution is 5.72. The van der Waals surface area contributed by atoms with Crippen molar-refractivity contribution in [1.29, 1.82) is 0 Å². The van der Waals surface area contributed by atoms with E-state index in [9.17, 15) is 9.59 Å². The number of esters is 2. The number of ether oxygens (including phenoxy) is 2. The molecule has 0 spiro atoms. The van der Waals surface area contributed by atoms with E-state index < -0.39 is 0 Å². The molecule has 0 aromatic rings. The Hall–Kier alpha value is -1.14. The molecule has 0 radical (unpaired) electrons. The fraction of sp³-hybridized carbons (Fsp3) is 0.952. The first kappa shape index (κ1) is 46.9. The molecule has 0 saturated carbocycles. The maximum Gasteiger partial charge on any atom is 0.308 e. The van der Waals surface area contributed by atoms with Gasteiger partial charge in [0.05, 0.1) is 19.1 Å². The highest BCUT2D eigenvalue weighted by Gasteiger charge is 2.19. The van der Waals surface area contributed by atoms with Crippen LogP contribution in [-0.4, -0.2) is 61.4 Å². The van der Waals surface area contributed by atoms with Crippen LogP contribution < -0.4 is 0 Å². The van der Waals surface area contributed by atoms with Crippen molar-refractivity contribution in [3.8, 4) is 0 Å². The van der Waals surface area contributed by atoms with Crippen LogP contribution in [0.15, 0.2) is 0 Å². The molecule has 0 rings (SSSR count). The van der Waals surface area contributed by atoms with Crippen LogP contribution in [0.25, 0.3) is 0 Å². The monoisotopic (exact) mass is 682 g/mol. The van der Waals surface area contributed by atoms with E-state index in [1.54, 1.807) is 0 Å². The van der Waals surface area contributed by atoms with Crippen molar-refractivity contribution in [3.63, 3.8) is 0 Å². The zero-order chi connectivity index (χ0) is 35.5. The van der Waals surface area contributed by atoms with Gasteiger partial charge in [0.15, 0.2) is 0 Å². The van der Waals surface area contributed by atoms with Crippen LogP contribution in [0, 0.1) is 11.8 Å². The Bertz CT molecular complexity index is 690. The fourth-order valence-electron chi connectivity index (χ4n) is 6.55. The largest absolute Gasteiger partial charge is 0.466 e. The first-order valence-electron chi connectivity index (χ1n) is 21.0. The summed E-state index contributed by atoms with van der Waals surface area (Å²) >= 11 is 0. The number of unbranched alkanes of at least 4 members (excludes halogenated alkanes) is 18. The molecule has 1 atom stereocenters. The summed E-state index contributed by atoms with van der Waals surface area (Å²) in [6.07, 6.45) is 31.9. The molecular weight excluding hydrogens is 598 g/mol. The molecule has 0 aromatic carbocycles. The highest BCUT2D eigenvalue weighted by atomic mass is 16.5. The Morgan fingerprint density at radius 1 is 0.562 bits per heavy atom. The number of aliphatic hydroxyl groups excluding tert-OH is 1. The van der Waals surface area contributed by atoms with Crippen molar-refractivity contribution >= 4 is 11.9 Å². The average molecular weight is 682 g/mol. The van der Waals surface area contributed by atoms with E-state index in [0.717, 1.165) is 64.3 Å². The average Bonchev–Trinajstić information content (AvgIpc) is 3.07. The maximum absolute atomic E-state index is 13.0. The molecule has 6 nitrogen and oxygen atoms in total. The van der Waals surface area contributed by atoms with Crippen molar-refractivity contribution in [2.75, 3.05) is 33.4 Å². The Morgan fingerprint density at radius 2 is 1.00 bits per heavy atom. The SMILES string of the molecule is CCCCCC(CCCCC)CC(=O)OCCCCCCCCCCC(CCCCCCCCCCO)C(=O)OCCCN(C)C(C)C. The molecule has 0 heterocycles. The lowest BCUT2D eigenvalue weighted by Crippen LogP contribution is -2.28. The van der Waals surface area contributed by atoms with Crippen LogP contribution in [0.3, 0.4) is 0 Å². The molecule has 1 unspecified atom stereocenters. The van der Waals surface area contributed by atoms with Crippen molar-refractivity contribution in [2.24, 2.45) is 11.8 Å². The number of rotatable bonds is 37. The Balaban J connectivity index is 4.17. The molecule has 48 heavy (non-hydrogen) atoms. The second-order valence-corrected chi connectivity index (χ2v) is 15.0. The third-order valence-electron chi connectivity index (χ3n) is 10.2. The second kappa shape index (κ2) is 35.7. The van der Waals surface area contributed by atoms with Crippen molar-refractivity contribution < 1.29 is 24.2 Å². The zero-order valence-electron chi connectivity index (χ0n) is 32.9. The molecule has 0 fully saturated rings. The number of aliphatic hydroxyl groups is 1. The molecule has 0 aliphatic rings. The van der Waals surface area contributed by atoms with Crippen molar-refractivity contribution in [3.05, 3.63) is 0 Å². The van der Waals surface area contributed by atoms with Gasteiger partial charge in [-0.1, -0.05) is 142 Å². The van der Waals surface area contributed by atoms with Crippen LogP contribution in [-0.2, 0) is 19.1 Å². The third kappa shape index (κ3) is 30.9. The first-order valence-corrected chi connectivity index (χ1v) is 21.0. The van der Waals surface area contributed by atoms with E-state index >= 15 is 0 Å². The summed E-state index contributed by atoms with van der Waals surface area (Å²) in [6.45, 7) is 11.2. The summed E-state index contributed by atoms with van der Waals surface area (Å²) in [5, 5.41) is 8.92. The van der Waals surface area contributed by atoms with Crippen LogP contribution in [0.4, 0.5) is 0 Å². The van der Waals surface area contributed by atoms with E-state index in [1.165, 1.54) is 116 Å². The normalized spacial score (nSPS) is 12.4. The summed E-state index contributed by atoms with van der Waals surface area (Å²) < 4.78 is 11.4. The highest BCUT2D eigenvalue weighted by Crippen LogP contribution is 2.23. The van der Waals surface area contributed by atoms with Gasteiger partial charge in [-0.15, -0.1) is 0 Å². The van der Waals surface area contributed by atoms with Gasteiger partial charge in [-0.25, -0.2) is 0 Å². The molecule has 0 aromatic heterocycles. The standard InChI is InChI=1S/C42H83NO5/c1-6-8-22-29-39(30-23-9-7-2)37-41(45)47-35-27-21-17-13-11-15-19-25-32-40(31-24-18-14-10-12-16-20-26-34-44)42(46)48-36-28-33-43(5)38(3)4/h38-40,44H,6-37H2,1-5H3. The number of nitrogens with zero attached hydrogens (tertiary/aromatic N) is 1. The lowest BCUT2D eigenvalue weighted by atomic mass is 9.92. The summed E-state index contributed by atoms with van der Waals surface area (Å²) in [4.78, 5) is 27.7. The minimum absolute atomic E-state index is 0.0132. The van der Waals surface area contributed by atoms with Gasteiger partial charge >= 0.3 is 11.9 Å². The Morgan fingerprint density at radius 3 is 1.48 bits per heavy atom. The van der Waals surface area contributed by atoms with Crippen LogP contribution in [0.5, 0.6) is 0 Å². The number of hydrogen-bond acceptors (Lipinski definition) is 6. The summed E-state index contributed by atoms with van der Waals surface area (Å²) in [7, 11) is 2.13. The molecule has 0 bridgehead atoms. The Labute approximate surface area is 299 Å². The van der Waals surface area contributed by atoms with Gasteiger partial charge in [0, 0.05) is 25.6 Å². The number of hydrogen-bond donors (Lipinski definition) is 1. The first-order chi connectivity index (χ1) is 23.3. The molecule has 0 aliphatic heterocycles. The summed E-state index contributed by atoms with van der Waals surface area (Å²) in [5.74, 6) is 0.583. The second-order valence-electron chi connectivity index (χ2n) is 15.0. The predicted octanol–water partition coefficient (Wildman–Crippen LogP) is 11.6.